The van der Waals surface area contributed by atoms with Crippen molar-refractivity contribution in [3.63, 3.8) is 0 Å². The number of amides is 2. The molecule has 0 unspecified atom stereocenters. The first-order valence-corrected chi connectivity index (χ1v) is 10.3. The highest BCUT2D eigenvalue weighted by Crippen LogP contribution is 2.37. The molecule has 1 aliphatic rings. The fraction of sp³-hybridized carbons (Fsp3) is 0.240. The zero-order valence-corrected chi connectivity index (χ0v) is 17.1. The molecule has 2 N–H and O–H groups in total. The monoisotopic (exact) mass is 417 g/mol. The number of primary amides is 1. The summed E-state index contributed by atoms with van der Waals surface area (Å²) in [5.41, 5.74) is 8.86. The Kier molecular flexibility index (Phi) is 5.80. The number of likely N-dealkylation sites (tertiary alicyclic amines) is 1. The number of carbonyl (C=O) groups is 2. The van der Waals surface area contributed by atoms with Gasteiger partial charge in [0, 0.05) is 25.5 Å². The van der Waals surface area contributed by atoms with Crippen LogP contribution in [-0.2, 0) is 22.4 Å². The fourth-order valence-corrected chi connectivity index (χ4v) is 4.26. The normalized spacial score (nSPS) is 18.2. The molecule has 0 aliphatic carbocycles. The third-order valence-electron chi connectivity index (χ3n) is 6.04. The van der Waals surface area contributed by atoms with Gasteiger partial charge in [0.2, 0.25) is 11.8 Å². The van der Waals surface area contributed by atoms with E-state index < -0.39 is 11.3 Å². The van der Waals surface area contributed by atoms with E-state index in [2.05, 4.69) is 4.98 Å². The number of nitrogens with two attached hydrogens (primary N) is 1. The van der Waals surface area contributed by atoms with Crippen molar-refractivity contribution in [2.45, 2.75) is 19.3 Å². The molecule has 0 bridgehead atoms. The van der Waals surface area contributed by atoms with E-state index in [1.165, 1.54) is 12.1 Å². The molecule has 1 saturated heterocycles. The van der Waals surface area contributed by atoms with Crippen LogP contribution in [0.25, 0.3) is 11.1 Å². The highest BCUT2D eigenvalue weighted by Gasteiger charge is 2.45. The van der Waals surface area contributed by atoms with Crippen molar-refractivity contribution in [3.05, 3.63) is 90.0 Å². The molecular formula is C25H24FN3O2. The molecule has 1 atom stereocenters. The summed E-state index contributed by atoms with van der Waals surface area (Å²) in [6.07, 6.45) is 4.62. The molecule has 2 heterocycles. The van der Waals surface area contributed by atoms with E-state index in [0.717, 1.165) is 22.3 Å². The average molecular weight is 417 g/mol. The third-order valence-corrected chi connectivity index (χ3v) is 6.04. The Morgan fingerprint density at radius 3 is 2.45 bits per heavy atom. The van der Waals surface area contributed by atoms with Gasteiger partial charge in [0.25, 0.3) is 0 Å². The maximum Gasteiger partial charge on any atom is 0.227 e. The molecule has 3 aromatic rings. The summed E-state index contributed by atoms with van der Waals surface area (Å²) in [6, 6.07) is 17.7. The molecule has 0 saturated carbocycles. The van der Waals surface area contributed by atoms with Crippen molar-refractivity contribution in [2.75, 3.05) is 13.1 Å². The molecule has 1 fully saturated rings. The number of benzene rings is 2. The third kappa shape index (κ3) is 4.48. The minimum Gasteiger partial charge on any atom is -0.369 e. The zero-order chi connectivity index (χ0) is 21.8. The van der Waals surface area contributed by atoms with E-state index in [4.69, 9.17) is 5.73 Å². The number of aromatic nitrogens is 1. The van der Waals surface area contributed by atoms with Crippen LogP contribution >= 0.6 is 0 Å². The molecule has 31 heavy (non-hydrogen) atoms. The maximum absolute atomic E-state index is 13.1. The number of nitrogens with zero attached hydrogens (tertiary/aromatic N) is 2. The van der Waals surface area contributed by atoms with Crippen molar-refractivity contribution in [1.29, 1.82) is 0 Å². The summed E-state index contributed by atoms with van der Waals surface area (Å²) in [5.74, 6) is -0.816. The summed E-state index contributed by atoms with van der Waals surface area (Å²) in [5, 5.41) is 0. The van der Waals surface area contributed by atoms with Gasteiger partial charge in [-0.1, -0.05) is 36.4 Å². The zero-order valence-electron chi connectivity index (χ0n) is 17.1. The summed E-state index contributed by atoms with van der Waals surface area (Å²) in [7, 11) is 0. The van der Waals surface area contributed by atoms with Gasteiger partial charge in [-0.3, -0.25) is 14.6 Å². The predicted octanol–water partition coefficient (Wildman–Crippen LogP) is 3.38. The van der Waals surface area contributed by atoms with Gasteiger partial charge in [-0.25, -0.2) is 4.39 Å². The van der Waals surface area contributed by atoms with Crippen LogP contribution in [-0.4, -0.2) is 34.8 Å². The van der Waals surface area contributed by atoms with Crippen LogP contribution in [0.1, 0.15) is 17.5 Å². The van der Waals surface area contributed by atoms with E-state index >= 15 is 0 Å². The largest absolute Gasteiger partial charge is 0.369 e. The summed E-state index contributed by atoms with van der Waals surface area (Å²) >= 11 is 0. The highest BCUT2D eigenvalue weighted by molar-refractivity contribution is 5.85. The molecule has 0 radical (unpaired) electrons. The van der Waals surface area contributed by atoms with E-state index in [1.807, 2.05) is 36.4 Å². The maximum atomic E-state index is 13.1. The van der Waals surface area contributed by atoms with Crippen LogP contribution in [0.15, 0.2) is 73.1 Å². The second-order valence-electron chi connectivity index (χ2n) is 8.08. The van der Waals surface area contributed by atoms with Gasteiger partial charge >= 0.3 is 0 Å². The predicted molar refractivity (Wildman–Crippen MR) is 116 cm³/mol. The number of pyridine rings is 1. The van der Waals surface area contributed by atoms with Gasteiger partial charge in [0.05, 0.1) is 11.8 Å². The fourth-order valence-electron chi connectivity index (χ4n) is 4.26. The van der Waals surface area contributed by atoms with Gasteiger partial charge in [-0.05, 0) is 59.4 Å². The number of hydrogen-bond donors (Lipinski definition) is 1. The Morgan fingerprint density at radius 1 is 1.03 bits per heavy atom. The van der Waals surface area contributed by atoms with Crippen LogP contribution in [0.5, 0.6) is 0 Å². The van der Waals surface area contributed by atoms with Crippen LogP contribution in [0, 0.1) is 11.2 Å². The number of carbonyl (C=O) groups excluding carboxylic acids is 2. The van der Waals surface area contributed by atoms with Crippen LogP contribution < -0.4 is 5.73 Å². The molecule has 1 aliphatic heterocycles. The van der Waals surface area contributed by atoms with Crippen molar-refractivity contribution in [2.24, 2.45) is 11.1 Å². The number of halogens is 1. The van der Waals surface area contributed by atoms with Gasteiger partial charge in [0.1, 0.15) is 5.82 Å². The topological polar surface area (TPSA) is 76.3 Å². The van der Waals surface area contributed by atoms with E-state index in [0.29, 0.717) is 19.4 Å². The lowest BCUT2D eigenvalue weighted by atomic mass is 9.78. The summed E-state index contributed by atoms with van der Waals surface area (Å²) < 4.78 is 13.1. The molecule has 2 amide bonds. The lowest BCUT2D eigenvalue weighted by molar-refractivity contribution is -0.131. The van der Waals surface area contributed by atoms with E-state index in [9.17, 15) is 14.0 Å². The molecule has 0 spiro atoms. The van der Waals surface area contributed by atoms with Gasteiger partial charge < -0.3 is 10.6 Å². The standard InChI is InChI=1S/C25H24FN3O2/c26-21-7-5-18(6-8-21)15-23(30)29-14-11-25(17-29,24(27)31)16-20-3-1-2-4-22(20)19-9-12-28-13-10-19/h1-10,12-13H,11,14-17H2,(H2,27,31)/t25-/m0/s1. The SMILES string of the molecule is NC(=O)[C@]1(Cc2ccccc2-c2ccncc2)CCN(C(=O)Cc2ccc(F)cc2)C1. The molecule has 5 nitrogen and oxygen atoms in total. The van der Waals surface area contributed by atoms with Crippen molar-refractivity contribution >= 4 is 11.8 Å². The number of rotatable bonds is 6. The Labute approximate surface area is 180 Å². The first-order valence-electron chi connectivity index (χ1n) is 10.3. The molecule has 1 aromatic heterocycles. The molecule has 6 heteroatoms. The van der Waals surface area contributed by atoms with Crippen LogP contribution in [0.2, 0.25) is 0 Å². The first kappa shape index (κ1) is 20.7. The van der Waals surface area contributed by atoms with Gasteiger partial charge in [0.15, 0.2) is 0 Å². The summed E-state index contributed by atoms with van der Waals surface area (Å²) in [6.45, 7) is 0.757. The second-order valence-corrected chi connectivity index (χ2v) is 8.08. The highest BCUT2D eigenvalue weighted by atomic mass is 19.1. The first-order chi connectivity index (χ1) is 15.0. The number of hydrogen-bond acceptors (Lipinski definition) is 3. The average Bonchev–Trinajstić information content (AvgIpc) is 3.22. The van der Waals surface area contributed by atoms with Gasteiger partial charge in [-0.15, -0.1) is 0 Å². The van der Waals surface area contributed by atoms with Crippen molar-refractivity contribution in [3.8, 4) is 11.1 Å². The van der Waals surface area contributed by atoms with E-state index in [-0.39, 0.29) is 24.7 Å². The minimum atomic E-state index is -0.818. The lowest BCUT2D eigenvalue weighted by Gasteiger charge is -2.27. The Bertz CT molecular complexity index is 1090. The van der Waals surface area contributed by atoms with Crippen molar-refractivity contribution in [1.82, 2.24) is 9.88 Å². The Morgan fingerprint density at radius 2 is 1.74 bits per heavy atom. The van der Waals surface area contributed by atoms with Gasteiger partial charge in [-0.2, -0.15) is 0 Å². The quantitative estimate of drug-likeness (QED) is 0.668. The molecule has 4 rings (SSSR count). The second kappa shape index (κ2) is 8.68. The summed E-state index contributed by atoms with van der Waals surface area (Å²) in [4.78, 5) is 31.2. The van der Waals surface area contributed by atoms with Crippen LogP contribution in [0.3, 0.4) is 0 Å². The minimum absolute atomic E-state index is 0.0860. The molecule has 2 aromatic carbocycles. The van der Waals surface area contributed by atoms with Crippen LogP contribution in [0.4, 0.5) is 4.39 Å². The van der Waals surface area contributed by atoms with Crippen molar-refractivity contribution < 1.29 is 14.0 Å². The Hall–Kier alpha value is -3.54. The lowest BCUT2D eigenvalue weighted by Crippen LogP contribution is -2.42. The molecular weight excluding hydrogens is 393 g/mol. The Balaban J connectivity index is 1.54. The van der Waals surface area contributed by atoms with E-state index in [1.54, 1.807) is 29.4 Å². The molecule has 158 valence electrons. The smallest absolute Gasteiger partial charge is 0.227 e.